The van der Waals surface area contributed by atoms with E-state index >= 15 is 0 Å². The van der Waals surface area contributed by atoms with E-state index in [1.54, 1.807) is 23.7 Å². The van der Waals surface area contributed by atoms with E-state index in [-0.39, 0.29) is 12.2 Å². The van der Waals surface area contributed by atoms with Crippen LogP contribution in [0.4, 0.5) is 8.78 Å². The summed E-state index contributed by atoms with van der Waals surface area (Å²) in [5.74, 6) is -1.43. The zero-order valence-corrected chi connectivity index (χ0v) is 17.3. The Kier molecular flexibility index (Phi) is 6.64. The van der Waals surface area contributed by atoms with Gasteiger partial charge in [0.1, 0.15) is 17.4 Å². The van der Waals surface area contributed by atoms with Crippen LogP contribution >= 0.6 is 0 Å². The number of benzene rings is 2. The largest absolute Gasteiger partial charge is 0.481 e. The lowest BCUT2D eigenvalue weighted by molar-refractivity contribution is -0.132. The molecule has 1 heterocycles. The third-order valence-corrected chi connectivity index (χ3v) is 4.67. The number of rotatable bonds is 6. The molecule has 1 aromatic heterocycles. The first kappa shape index (κ1) is 21.9. The number of hydrazine groups is 1. The molecule has 0 spiro atoms. The molecule has 0 aliphatic rings. The highest BCUT2D eigenvalue weighted by atomic mass is 19.1. The monoisotopic (exact) mass is 428 g/mol. The third-order valence-electron chi connectivity index (χ3n) is 4.67. The molecule has 2 amide bonds. The molecular formula is C22H22F2N4O3. The van der Waals surface area contributed by atoms with Crippen molar-refractivity contribution in [2.45, 2.75) is 33.3 Å². The molecule has 31 heavy (non-hydrogen) atoms. The van der Waals surface area contributed by atoms with Crippen LogP contribution in [-0.2, 0) is 16.0 Å². The number of ether oxygens (including phenoxy) is 1. The normalized spacial score (nSPS) is 11.6. The molecule has 0 bridgehead atoms. The molecule has 3 aromatic rings. The number of carbonyl (C=O) groups excluding carboxylic acids is 2. The standard InChI is InChI=1S/C22H22F2N4O3/c1-13-20(14(2)28(27-13)18-8-4-16(23)5-9-18)12-21(29)25-26-22(30)15(3)31-19-10-6-17(24)7-11-19/h4-11,15H,12H2,1-3H3,(H,25,29)(H,26,30)/t15-/m1/s1. The first-order valence-electron chi connectivity index (χ1n) is 9.56. The molecule has 2 aromatic carbocycles. The van der Waals surface area contributed by atoms with Crippen LogP contribution in [0.25, 0.3) is 5.69 Å². The van der Waals surface area contributed by atoms with Crippen molar-refractivity contribution in [2.75, 3.05) is 0 Å². The maximum Gasteiger partial charge on any atom is 0.279 e. The number of aromatic nitrogens is 2. The smallest absolute Gasteiger partial charge is 0.279 e. The SMILES string of the molecule is Cc1nn(-c2ccc(F)cc2)c(C)c1CC(=O)NNC(=O)[C@@H](C)Oc1ccc(F)cc1. The summed E-state index contributed by atoms with van der Waals surface area (Å²) in [5, 5.41) is 4.42. The molecule has 1 atom stereocenters. The van der Waals surface area contributed by atoms with Crippen molar-refractivity contribution in [1.29, 1.82) is 0 Å². The van der Waals surface area contributed by atoms with Gasteiger partial charge in [-0.1, -0.05) is 0 Å². The molecule has 9 heteroatoms. The van der Waals surface area contributed by atoms with E-state index < -0.39 is 23.7 Å². The minimum absolute atomic E-state index is 0.00760. The van der Waals surface area contributed by atoms with Crippen molar-refractivity contribution >= 4 is 11.8 Å². The molecule has 0 aliphatic heterocycles. The second-order valence-electron chi connectivity index (χ2n) is 6.97. The number of hydrogen-bond donors (Lipinski definition) is 2. The van der Waals surface area contributed by atoms with Gasteiger partial charge in [-0.3, -0.25) is 20.4 Å². The van der Waals surface area contributed by atoms with Crippen molar-refractivity contribution < 1.29 is 23.1 Å². The zero-order valence-electron chi connectivity index (χ0n) is 17.3. The van der Waals surface area contributed by atoms with Crippen LogP contribution in [0, 0.1) is 25.5 Å². The summed E-state index contributed by atoms with van der Waals surface area (Å²) < 4.78 is 33.1. The summed E-state index contributed by atoms with van der Waals surface area (Å²) >= 11 is 0. The summed E-state index contributed by atoms with van der Waals surface area (Å²) in [7, 11) is 0. The van der Waals surface area contributed by atoms with Gasteiger partial charge < -0.3 is 4.74 Å². The maximum atomic E-state index is 13.2. The minimum Gasteiger partial charge on any atom is -0.481 e. The second kappa shape index (κ2) is 9.38. The molecule has 0 radical (unpaired) electrons. The van der Waals surface area contributed by atoms with Gasteiger partial charge in [-0.15, -0.1) is 0 Å². The second-order valence-corrected chi connectivity index (χ2v) is 6.97. The van der Waals surface area contributed by atoms with E-state index in [9.17, 15) is 18.4 Å². The predicted molar refractivity (Wildman–Crippen MR) is 109 cm³/mol. The highest BCUT2D eigenvalue weighted by Crippen LogP contribution is 2.19. The summed E-state index contributed by atoms with van der Waals surface area (Å²) in [6, 6.07) is 11.1. The summed E-state index contributed by atoms with van der Waals surface area (Å²) in [6.07, 6.45) is -0.915. The number of carbonyl (C=O) groups is 2. The molecule has 3 rings (SSSR count). The Balaban J connectivity index is 1.57. The minimum atomic E-state index is -0.907. The van der Waals surface area contributed by atoms with Crippen molar-refractivity contribution in [3.63, 3.8) is 0 Å². The van der Waals surface area contributed by atoms with Gasteiger partial charge in [-0.05, 0) is 69.3 Å². The topological polar surface area (TPSA) is 85.3 Å². The number of nitrogens with zero attached hydrogens (tertiary/aromatic N) is 2. The Morgan fingerprint density at radius 3 is 2.19 bits per heavy atom. The van der Waals surface area contributed by atoms with Gasteiger partial charge in [-0.25, -0.2) is 13.5 Å². The van der Waals surface area contributed by atoms with E-state index in [0.717, 1.165) is 5.69 Å². The van der Waals surface area contributed by atoms with Crippen LogP contribution in [0.15, 0.2) is 48.5 Å². The lowest BCUT2D eigenvalue weighted by atomic mass is 10.1. The lowest BCUT2D eigenvalue weighted by Gasteiger charge is -2.15. The number of halogens is 2. The average Bonchev–Trinajstić information content (AvgIpc) is 3.02. The third kappa shape index (κ3) is 5.44. The van der Waals surface area contributed by atoms with Gasteiger partial charge in [-0.2, -0.15) is 5.10 Å². The van der Waals surface area contributed by atoms with Crippen LogP contribution in [-0.4, -0.2) is 27.7 Å². The van der Waals surface area contributed by atoms with Crippen LogP contribution in [0.3, 0.4) is 0 Å². The highest BCUT2D eigenvalue weighted by molar-refractivity contribution is 5.85. The molecule has 7 nitrogen and oxygen atoms in total. The first-order chi connectivity index (χ1) is 14.7. The molecular weight excluding hydrogens is 406 g/mol. The lowest BCUT2D eigenvalue weighted by Crippen LogP contribution is -2.47. The summed E-state index contributed by atoms with van der Waals surface area (Å²) in [6.45, 7) is 5.09. The fraction of sp³-hybridized carbons (Fsp3) is 0.227. The van der Waals surface area contributed by atoms with Crippen molar-refractivity contribution in [3.05, 3.63) is 77.1 Å². The highest BCUT2D eigenvalue weighted by Gasteiger charge is 2.18. The fourth-order valence-electron chi connectivity index (χ4n) is 2.97. The Labute approximate surface area is 178 Å². The van der Waals surface area contributed by atoms with Crippen LogP contribution in [0.2, 0.25) is 0 Å². The molecule has 0 saturated carbocycles. The Morgan fingerprint density at radius 2 is 1.58 bits per heavy atom. The van der Waals surface area contributed by atoms with E-state index in [0.29, 0.717) is 22.7 Å². The van der Waals surface area contributed by atoms with Crippen LogP contribution in [0.5, 0.6) is 5.75 Å². The van der Waals surface area contributed by atoms with E-state index in [2.05, 4.69) is 16.0 Å². The van der Waals surface area contributed by atoms with Crippen molar-refractivity contribution in [2.24, 2.45) is 0 Å². The molecule has 0 fully saturated rings. The quantitative estimate of drug-likeness (QED) is 0.592. The van der Waals surface area contributed by atoms with Gasteiger partial charge >= 0.3 is 0 Å². The summed E-state index contributed by atoms with van der Waals surface area (Å²) in [4.78, 5) is 24.5. The Hall–Kier alpha value is -3.75. The van der Waals surface area contributed by atoms with Crippen LogP contribution in [0.1, 0.15) is 23.9 Å². The van der Waals surface area contributed by atoms with Gasteiger partial charge in [0.15, 0.2) is 6.10 Å². The van der Waals surface area contributed by atoms with Gasteiger partial charge in [0, 0.05) is 11.3 Å². The Morgan fingerprint density at radius 1 is 1.00 bits per heavy atom. The molecule has 2 N–H and O–H groups in total. The van der Waals surface area contributed by atoms with Crippen LogP contribution < -0.4 is 15.6 Å². The fourth-order valence-corrected chi connectivity index (χ4v) is 2.97. The van der Waals surface area contributed by atoms with Crippen molar-refractivity contribution in [3.8, 4) is 11.4 Å². The van der Waals surface area contributed by atoms with Crippen molar-refractivity contribution in [1.82, 2.24) is 20.6 Å². The number of hydrogen-bond acceptors (Lipinski definition) is 4. The Bertz CT molecular complexity index is 1080. The van der Waals surface area contributed by atoms with E-state index in [1.165, 1.54) is 43.3 Å². The van der Waals surface area contributed by atoms with Gasteiger partial charge in [0.2, 0.25) is 5.91 Å². The number of nitrogens with one attached hydrogen (secondary N) is 2. The van der Waals surface area contributed by atoms with Gasteiger partial charge in [0.05, 0.1) is 17.8 Å². The van der Waals surface area contributed by atoms with Gasteiger partial charge in [0.25, 0.3) is 5.91 Å². The molecule has 162 valence electrons. The molecule has 0 saturated heterocycles. The van der Waals surface area contributed by atoms with E-state index in [4.69, 9.17) is 4.74 Å². The molecule has 0 unspecified atom stereocenters. The zero-order chi connectivity index (χ0) is 22.5. The maximum absolute atomic E-state index is 13.2. The summed E-state index contributed by atoms with van der Waals surface area (Å²) in [5.41, 5.74) is 7.42. The number of amides is 2. The first-order valence-corrected chi connectivity index (χ1v) is 9.56. The average molecular weight is 428 g/mol. The predicted octanol–water partition coefficient (Wildman–Crippen LogP) is 2.92. The van der Waals surface area contributed by atoms with E-state index in [1.807, 2.05) is 6.92 Å². The number of aryl methyl sites for hydroxylation is 1. The molecule has 0 aliphatic carbocycles.